The summed E-state index contributed by atoms with van der Waals surface area (Å²) < 4.78 is 9.82. The molecule has 1 rings (SSSR count). The Morgan fingerprint density at radius 1 is 1.50 bits per heavy atom. The molecule has 1 aromatic heterocycles. The van der Waals surface area contributed by atoms with Crippen molar-refractivity contribution in [2.75, 3.05) is 13.2 Å². The van der Waals surface area contributed by atoms with E-state index in [9.17, 15) is 4.79 Å². The number of ether oxygens (including phenoxy) is 2. The van der Waals surface area contributed by atoms with Crippen molar-refractivity contribution in [1.82, 2.24) is 4.98 Å². The summed E-state index contributed by atoms with van der Waals surface area (Å²) in [5.41, 5.74) is 0.853. The topological polar surface area (TPSA) is 48.4 Å². The van der Waals surface area contributed by atoms with Crippen LogP contribution in [0.5, 0.6) is 5.88 Å². The molecule has 4 heteroatoms. The predicted molar refractivity (Wildman–Crippen MR) is 51.1 cm³/mol. The summed E-state index contributed by atoms with van der Waals surface area (Å²) in [5, 5.41) is 0. The van der Waals surface area contributed by atoms with Crippen molar-refractivity contribution < 1.29 is 14.3 Å². The van der Waals surface area contributed by atoms with Gasteiger partial charge in [0.15, 0.2) is 6.61 Å². The number of rotatable bonds is 4. The fourth-order valence-electron chi connectivity index (χ4n) is 0.934. The zero-order valence-electron chi connectivity index (χ0n) is 8.32. The largest absolute Gasteiger partial charge is 0.466 e. The number of carbonyl (C=O) groups is 1. The van der Waals surface area contributed by atoms with Gasteiger partial charge in [0.25, 0.3) is 0 Å². The first-order valence-electron chi connectivity index (χ1n) is 4.44. The third-order valence-corrected chi connectivity index (χ3v) is 1.51. The standard InChI is InChI=1S/C10H13NO3/c1-3-13-10(12)7-14-9-6-4-5-8(2)11-9/h4-6H,3,7H2,1-2H3. The number of hydrogen-bond donors (Lipinski definition) is 0. The van der Waals surface area contributed by atoms with Gasteiger partial charge in [-0.15, -0.1) is 0 Å². The molecule has 0 amide bonds. The van der Waals surface area contributed by atoms with Gasteiger partial charge in [0, 0.05) is 11.8 Å². The van der Waals surface area contributed by atoms with Crippen LogP contribution in [0.3, 0.4) is 0 Å². The number of hydrogen-bond acceptors (Lipinski definition) is 4. The Hall–Kier alpha value is -1.58. The minimum atomic E-state index is -0.379. The van der Waals surface area contributed by atoms with Gasteiger partial charge in [0.05, 0.1) is 6.61 Å². The summed E-state index contributed by atoms with van der Waals surface area (Å²) in [4.78, 5) is 15.0. The molecular weight excluding hydrogens is 182 g/mol. The first-order valence-corrected chi connectivity index (χ1v) is 4.44. The van der Waals surface area contributed by atoms with Gasteiger partial charge in [-0.3, -0.25) is 0 Å². The fraction of sp³-hybridized carbons (Fsp3) is 0.400. The number of aryl methyl sites for hydroxylation is 1. The number of nitrogens with zero attached hydrogens (tertiary/aromatic N) is 1. The lowest BCUT2D eigenvalue weighted by Crippen LogP contribution is -2.15. The summed E-state index contributed by atoms with van der Waals surface area (Å²) >= 11 is 0. The highest BCUT2D eigenvalue weighted by molar-refractivity contribution is 5.70. The van der Waals surface area contributed by atoms with Crippen molar-refractivity contribution in [1.29, 1.82) is 0 Å². The molecule has 0 aliphatic heterocycles. The maximum absolute atomic E-state index is 10.9. The molecule has 0 radical (unpaired) electrons. The van der Waals surface area contributed by atoms with E-state index in [1.807, 2.05) is 19.1 Å². The van der Waals surface area contributed by atoms with Gasteiger partial charge in [0.2, 0.25) is 5.88 Å². The molecule has 4 nitrogen and oxygen atoms in total. The summed E-state index contributed by atoms with van der Waals surface area (Å²) in [5.74, 6) is 0.0638. The molecule has 0 N–H and O–H groups in total. The molecule has 1 aromatic rings. The van der Waals surface area contributed by atoms with Crippen LogP contribution < -0.4 is 4.74 Å². The van der Waals surface area contributed by atoms with E-state index < -0.39 is 0 Å². The molecule has 0 aromatic carbocycles. The van der Waals surface area contributed by atoms with Crippen molar-refractivity contribution >= 4 is 5.97 Å². The fourth-order valence-corrected chi connectivity index (χ4v) is 0.934. The molecule has 0 aliphatic carbocycles. The van der Waals surface area contributed by atoms with Crippen LogP contribution in [0.15, 0.2) is 18.2 Å². The maximum atomic E-state index is 10.9. The number of aromatic nitrogens is 1. The van der Waals surface area contributed by atoms with Crippen molar-refractivity contribution in [3.05, 3.63) is 23.9 Å². The van der Waals surface area contributed by atoms with E-state index in [0.717, 1.165) is 5.69 Å². The molecule has 0 aliphatic rings. The Labute approximate surface area is 82.9 Å². The van der Waals surface area contributed by atoms with Crippen LogP contribution >= 0.6 is 0 Å². The second-order valence-electron chi connectivity index (χ2n) is 2.71. The normalized spacial score (nSPS) is 9.57. The molecule has 0 saturated heterocycles. The number of carbonyl (C=O) groups excluding carboxylic acids is 1. The third-order valence-electron chi connectivity index (χ3n) is 1.51. The molecule has 0 saturated carbocycles. The minimum Gasteiger partial charge on any atom is -0.466 e. The van der Waals surface area contributed by atoms with E-state index in [1.54, 1.807) is 13.0 Å². The molecule has 14 heavy (non-hydrogen) atoms. The van der Waals surface area contributed by atoms with Gasteiger partial charge in [-0.1, -0.05) is 6.07 Å². The van der Waals surface area contributed by atoms with E-state index >= 15 is 0 Å². The first-order chi connectivity index (χ1) is 6.72. The first kappa shape index (κ1) is 10.5. The lowest BCUT2D eigenvalue weighted by Gasteiger charge is -2.04. The molecule has 0 unspecified atom stereocenters. The highest BCUT2D eigenvalue weighted by Gasteiger charge is 2.03. The van der Waals surface area contributed by atoms with Crippen molar-refractivity contribution in [3.63, 3.8) is 0 Å². The van der Waals surface area contributed by atoms with Crippen molar-refractivity contribution in [2.45, 2.75) is 13.8 Å². The van der Waals surface area contributed by atoms with E-state index in [-0.39, 0.29) is 12.6 Å². The van der Waals surface area contributed by atoms with Gasteiger partial charge in [-0.25, -0.2) is 9.78 Å². The van der Waals surface area contributed by atoms with Crippen LogP contribution in [-0.4, -0.2) is 24.2 Å². The lowest BCUT2D eigenvalue weighted by atomic mass is 10.4. The quantitative estimate of drug-likeness (QED) is 0.680. The molecule has 1 heterocycles. The summed E-state index contributed by atoms with van der Waals surface area (Å²) in [6, 6.07) is 5.38. The van der Waals surface area contributed by atoms with Crippen LogP contribution in [0.1, 0.15) is 12.6 Å². The minimum absolute atomic E-state index is 0.0930. The summed E-state index contributed by atoms with van der Waals surface area (Å²) in [6.45, 7) is 3.88. The highest BCUT2D eigenvalue weighted by atomic mass is 16.6. The molecule has 0 spiro atoms. The predicted octanol–water partition coefficient (Wildman–Crippen LogP) is 1.33. The Balaban J connectivity index is 2.41. The maximum Gasteiger partial charge on any atom is 0.344 e. The van der Waals surface area contributed by atoms with Crippen LogP contribution in [0, 0.1) is 6.92 Å². The summed E-state index contributed by atoms with van der Waals surface area (Å²) in [6.07, 6.45) is 0. The van der Waals surface area contributed by atoms with Crippen LogP contribution in [0.2, 0.25) is 0 Å². The average Bonchev–Trinajstić information content (AvgIpc) is 2.15. The van der Waals surface area contributed by atoms with E-state index in [0.29, 0.717) is 12.5 Å². The van der Waals surface area contributed by atoms with Crippen LogP contribution in [-0.2, 0) is 9.53 Å². The SMILES string of the molecule is CCOC(=O)COc1cccc(C)n1. The van der Waals surface area contributed by atoms with E-state index in [4.69, 9.17) is 9.47 Å². The Bertz CT molecular complexity index is 312. The van der Waals surface area contributed by atoms with Gasteiger partial charge < -0.3 is 9.47 Å². The molecule has 76 valence electrons. The Kier molecular flexibility index (Phi) is 3.91. The Morgan fingerprint density at radius 3 is 2.93 bits per heavy atom. The van der Waals surface area contributed by atoms with Gasteiger partial charge in [0.1, 0.15) is 0 Å². The van der Waals surface area contributed by atoms with Crippen LogP contribution in [0.4, 0.5) is 0 Å². The zero-order chi connectivity index (χ0) is 10.4. The molecule has 0 atom stereocenters. The van der Waals surface area contributed by atoms with E-state index in [2.05, 4.69) is 4.98 Å². The Morgan fingerprint density at radius 2 is 2.29 bits per heavy atom. The van der Waals surface area contributed by atoms with Gasteiger partial charge in [-0.05, 0) is 19.9 Å². The second kappa shape index (κ2) is 5.21. The smallest absolute Gasteiger partial charge is 0.344 e. The van der Waals surface area contributed by atoms with Crippen molar-refractivity contribution in [3.8, 4) is 5.88 Å². The summed E-state index contributed by atoms with van der Waals surface area (Å²) in [7, 11) is 0. The molecule has 0 bridgehead atoms. The van der Waals surface area contributed by atoms with Crippen molar-refractivity contribution in [2.24, 2.45) is 0 Å². The second-order valence-corrected chi connectivity index (χ2v) is 2.71. The third kappa shape index (κ3) is 3.43. The van der Waals surface area contributed by atoms with E-state index in [1.165, 1.54) is 0 Å². The van der Waals surface area contributed by atoms with Gasteiger partial charge >= 0.3 is 5.97 Å². The lowest BCUT2D eigenvalue weighted by molar-refractivity contribution is -0.145. The molecular formula is C10H13NO3. The average molecular weight is 195 g/mol. The number of pyridine rings is 1. The monoisotopic (exact) mass is 195 g/mol. The highest BCUT2D eigenvalue weighted by Crippen LogP contribution is 2.06. The molecule has 0 fully saturated rings. The zero-order valence-corrected chi connectivity index (χ0v) is 8.32. The number of esters is 1. The van der Waals surface area contributed by atoms with Gasteiger partial charge in [-0.2, -0.15) is 0 Å². The van der Waals surface area contributed by atoms with Crippen LogP contribution in [0.25, 0.3) is 0 Å².